The molecule has 1 aromatic heterocycles. The molecule has 3 N–H and O–H groups in total. The van der Waals surface area contributed by atoms with E-state index in [1.54, 1.807) is 28.8 Å². The molecule has 3 rings (SSSR count). The van der Waals surface area contributed by atoms with E-state index in [9.17, 15) is 20.1 Å². The molecule has 1 heterocycles. The van der Waals surface area contributed by atoms with Crippen LogP contribution in [0.15, 0.2) is 71.5 Å². The standard InChI is InChI=1S/C22H23NO5/c24-12-11-23-18(14-25)13-19(26)22(28-15-16-7-3-1-4-8-16)20(23)21(27)17-9-5-2-6-10-17/h1-10,13,21,24-25,27H,11-12,14-15H2. The van der Waals surface area contributed by atoms with Gasteiger partial charge in [-0.3, -0.25) is 4.79 Å². The third-order valence-corrected chi connectivity index (χ3v) is 4.48. The fraction of sp³-hybridized carbons (Fsp3) is 0.227. The van der Waals surface area contributed by atoms with Crippen LogP contribution in [0.3, 0.4) is 0 Å². The van der Waals surface area contributed by atoms with Crippen molar-refractivity contribution >= 4 is 0 Å². The highest BCUT2D eigenvalue weighted by atomic mass is 16.5. The second-order valence-electron chi connectivity index (χ2n) is 6.34. The van der Waals surface area contributed by atoms with Gasteiger partial charge in [0, 0.05) is 18.3 Å². The molecule has 3 aromatic rings. The number of hydrogen-bond acceptors (Lipinski definition) is 5. The predicted octanol–water partition coefficient (Wildman–Crippen LogP) is 1.99. The molecule has 0 fully saturated rings. The highest BCUT2D eigenvalue weighted by molar-refractivity contribution is 5.38. The SMILES string of the molecule is O=c1cc(CO)n(CCO)c(C(O)c2ccccc2)c1OCc1ccccc1. The maximum absolute atomic E-state index is 12.7. The van der Waals surface area contributed by atoms with Crippen LogP contribution < -0.4 is 10.2 Å². The molecule has 0 aliphatic carbocycles. The number of nitrogens with zero attached hydrogens (tertiary/aromatic N) is 1. The summed E-state index contributed by atoms with van der Waals surface area (Å²) in [6.45, 7) is -0.357. The van der Waals surface area contributed by atoms with Gasteiger partial charge in [0.15, 0.2) is 5.75 Å². The summed E-state index contributed by atoms with van der Waals surface area (Å²) in [5.41, 5.74) is 1.54. The first-order chi connectivity index (χ1) is 13.7. The van der Waals surface area contributed by atoms with Crippen molar-refractivity contribution in [3.8, 4) is 5.75 Å². The Kier molecular flexibility index (Phi) is 6.60. The van der Waals surface area contributed by atoms with Gasteiger partial charge in [0.05, 0.1) is 18.9 Å². The van der Waals surface area contributed by atoms with Crippen LogP contribution in [0.25, 0.3) is 0 Å². The van der Waals surface area contributed by atoms with Crippen LogP contribution in [0, 0.1) is 0 Å². The molecule has 0 amide bonds. The molecule has 146 valence electrons. The van der Waals surface area contributed by atoms with E-state index in [0.29, 0.717) is 11.3 Å². The smallest absolute Gasteiger partial charge is 0.224 e. The van der Waals surface area contributed by atoms with Gasteiger partial charge < -0.3 is 24.6 Å². The highest BCUT2D eigenvalue weighted by Gasteiger charge is 2.24. The quantitative estimate of drug-likeness (QED) is 0.555. The zero-order chi connectivity index (χ0) is 19.9. The Hall–Kier alpha value is -2.93. The Bertz CT molecular complexity index is 954. The Morgan fingerprint density at radius 2 is 1.61 bits per heavy atom. The average molecular weight is 381 g/mol. The number of rotatable bonds is 8. The maximum Gasteiger partial charge on any atom is 0.224 e. The van der Waals surface area contributed by atoms with E-state index >= 15 is 0 Å². The lowest BCUT2D eigenvalue weighted by Crippen LogP contribution is -2.24. The van der Waals surface area contributed by atoms with Gasteiger partial charge in [-0.15, -0.1) is 0 Å². The minimum Gasteiger partial charge on any atom is -0.483 e. The van der Waals surface area contributed by atoms with Crippen LogP contribution in [-0.2, 0) is 19.8 Å². The fourth-order valence-corrected chi connectivity index (χ4v) is 3.13. The van der Waals surface area contributed by atoms with Gasteiger partial charge in [0.2, 0.25) is 5.43 Å². The van der Waals surface area contributed by atoms with Crippen molar-refractivity contribution in [2.24, 2.45) is 0 Å². The van der Waals surface area contributed by atoms with Gasteiger partial charge in [-0.1, -0.05) is 60.7 Å². The summed E-state index contributed by atoms with van der Waals surface area (Å²) in [4.78, 5) is 12.7. The third-order valence-electron chi connectivity index (χ3n) is 4.48. The van der Waals surface area contributed by atoms with Crippen LogP contribution in [0.2, 0.25) is 0 Å². The zero-order valence-electron chi connectivity index (χ0n) is 15.4. The van der Waals surface area contributed by atoms with E-state index in [-0.39, 0.29) is 31.2 Å². The third kappa shape index (κ3) is 4.31. The fourth-order valence-electron chi connectivity index (χ4n) is 3.13. The number of aliphatic hydroxyl groups excluding tert-OH is 3. The lowest BCUT2D eigenvalue weighted by molar-refractivity contribution is 0.184. The van der Waals surface area contributed by atoms with Crippen molar-refractivity contribution in [2.75, 3.05) is 6.61 Å². The molecule has 6 nitrogen and oxygen atoms in total. The molecule has 0 radical (unpaired) electrons. The number of ether oxygens (including phenoxy) is 1. The molecule has 0 aliphatic heterocycles. The molecule has 2 aromatic carbocycles. The molecule has 28 heavy (non-hydrogen) atoms. The molecule has 0 bridgehead atoms. The Balaban J connectivity index is 2.11. The summed E-state index contributed by atoms with van der Waals surface area (Å²) in [5.74, 6) is 0.00542. The van der Waals surface area contributed by atoms with Crippen molar-refractivity contribution < 1.29 is 20.1 Å². The van der Waals surface area contributed by atoms with Crippen molar-refractivity contribution in [2.45, 2.75) is 25.9 Å². The van der Waals surface area contributed by atoms with E-state index in [1.165, 1.54) is 6.07 Å². The summed E-state index contributed by atoms with van der Waals surface area (Å²) in [7, 11) is 0. The van der Waals surface area contributed by atoms with Gasteiger partial charge in [-0.25, -0.2) is 0 Å². The number of aromatic nitrogens is 1. The topological polar surface area (TPSA) is 91.9 Å². The molecule has 1 unspecified atom stereocenters. The van der Waals surface area contributed by atoms with Gasteiger partial charge in [0.1, 0.15) is 12.7 Å². The summed E-state index contributed by atoms with van der Waals surface area (Å²) in [6.07, 6.45) is -1.15. The molecule has 0 saturated carbocycles. The van der Waals surface area contributed by atoms with E-state index in [2.05, 4.69) is 0 Å². The van der Waals surface area contributed by atoms with Crippen molar-refractivity contribution in [1.29, 1.82) is 0 Å². The van der Waals surface area contributed by atoms with Crippen molar-refractivity contribution in [1.82, 2.24) is 4.57 Å². The predicted molar refractivity (Wildman–Crippen MR) is 105 cm³/mol. The van der Waals surface area contributed by atoms with Gasteiger partial charge >= 0.3 is 0 Å². The molecule has 1 atom stereocenters. The normalized spacial score (nSPS) is 12.0. The van der Waals surface area contributed by atoms with Gasteiger partial charge in [0.25, 0.3) is 0 Å². The van der Waals surface area contributed by atoms with E-state index in [1.807, 2.05) is 36.4 Å². The highest BCUT2D eigenvalue weighted by Crippen LogP contribution is 2.29. The maximum atomic E-state index is 12.7. The van der Waals surface area contributed by atoms with Gasteiger partial charge in [-0.05, 0) is 11.1 Å². The van der Waals surface area contributed by atoms with Crippen LogP contribution in [0.4, 0.5) is 0 Å². The lowest BCUT2D eigenvalue weighted by Gasteiger charge is -2.24. The molecular formula is C22H23NO5. The van der Waals surface area contributed by atoms with E-state index in [4.69, 9.17) is 4.74 Å². The summed E-state index contributed by atoms with van der Waals surface area (Å²) in [5, 5.41) is 30.2. The Labute approximate surface area is 162 Å². The average Bonchev–Trinajstić information content (AvgIpc) is 2.74. The Morgan fingerprint density at radius 1 is 0.964 bits per heavy atom. The zero-order valence-corrected chi connectivity index (χ0v) is 15.4. The summed E-state index contributed by atoms with van der Waals surface area (Å²) >= 11 is 0. The number of benzene rings is 2. The Morgan fingerprint density at radius 3 is 2.21 bits per heavy atom. The molecule has 0 spiro atoms. The second-order valence-corrected chi connectivity index (χ2v) is 6.34. The summed E-state index contributed by atoms with van der Waals surface area (Å²) < 4.78 is 7.37. The van der Waals surface area contributed by atoms with E-state index in [0.717, 1.165) is 5.56 Å². The first-order valence-corrected chi connectivity index (χ1v) is 9.03. The van der Waals surface area contributed by atoms with Crippen molar-refractivity contribution in [3.05, 3.63) is 99.5 Å². The van der Waals surface area contributed by atoms with Crippen LogP contribution >= 0.6 is 0 Å². The molecule has 0 saturated heterocycles. The van der Waals surface area contributed by atoms with Crippen molar-refractivity contribution in [3.63, 3.8) is 0 Å². The first kappa shape index (κ1) is 19.8. The van der Waals surface area contributed by atoms with E-state index < -0.39 is 18.1 Å². The minimum atomic E-state index is -1.15. The van der Waals surface area contributed by atoms with Crippen LogP contribution in [0.1, 0.15) is 28.6 Å². The number of pyridine rings is 1. The second kappa shape index (κ2) is 9.32. The monoisotopic (exact) mass is 381 g/mol. The van der Waals surface area contributed by atoms with Crippen LogP contribution in [-0.4, -0.2) is 26.5 Å². The molecule has 0 aliphatic rings. The largest absolute Gasteiger partial charge is 0.483 e. The number of aliphatic hydroxyl groups is 3. The van der Waals surface area contributed by atoms with Crippen LogP contribution in [0.5, 0.6) is 5.75 Å². The summed E-state index contributed by atoms with van der Waals surface area (Å²) in [6, 6.07) is 19.5. The lowest BCUT2D eigenvalue weighted by atomic mass is 10.0. The van der Waals surface area contributed by atoms with Gasteiger partial charge in [-0.2, -0.15) is 0 Å². The molecular weight excluding hydrogens is 358 g/mol. The molecule has 6 heteroatoms. The minimum absolute atomic E-state index is 0.00542. The number of hydrogen-bond donors (Lipinski definition) is 3. The first-order valence-electron chi connectivity index (χ1n) is 9.03.